The molecule has 0 fully saturated rings. The highest BCUT2D eigenvalue weighted by Gasteiger charge is 2.14. The van der Waals surface area contributed by atoms with Gasteiger partial charge in [0, 0.05) is 0 Å². The van der Waals surface area contributed by atoms with Crippen LogP contribution in [-0.4, -0.2) is 25.5 Å². The van der Waals surface area contributed by atoms with E-state index >= 15 is 0 Å². The summed E-state index contributed by atoms with van der Waals surface area (Å²) in [6.45, 7) is 23.2. The summed E-state index contributed by atoms with van der Waals surface area (Å²) in [6, 6.07) is 0. The van der Waals surface area contributed by atoms with E-state index in [-0.39, 0.29) is 0 Å². The van der Waals surface area contributed by atoms with Crippen LogP contribution in [0.4, 0.5) is 0 Å². The fourth-order valence-corrected chi connectivity index (χ4v) is 7.59. The van der Waals surface area contributed by atoms with Gasteiger partial charge in [0.25, 0.3) is 0 Å². The van der Waals surface area contributed by atoms with Crippen molar-refractivity contribution in [3.05, 3.63) is 0 Å². The number of nitrogens with zero attached hydrogens (tertiary/aromatic N) is 1. The molecule has 6 unspecified atom stereocenters. The SMILES string of the molecule is CCC(CCCC(C)CCCC(C)CCCC(C)C)CCCC(CCCC(C)CCCC(C)CCCC(C)C)CCN(C)C. The van der Waals surface area contributed by atoms with Crippen molar-refractivity contribution in [1.29, 1.82) is 0 Å². The topological polar surface area (TPSA) is 3.24 Å². The normalized spacial score (nSPS) is 16.5. The van der Waals surface area contributed by atoms with Crippen molar-refractivity contribution in [2.45, 2.75) is 210 Å². The summed E-state index contributed by atoms with van der Waals surface area (Å²) < 4.78 is 0. The van der Waals surface area contributed by atoms with Gasteiger partial charge in [0.1, 0.15) is 0 Å². The van der Waals surface area contributed by atoms with Crippen molar-refractivity contribution >= 4 is 0 Å². The second-order valence-corrected chi connectivity index (χ2v) is 17.5. The van der Waals surface area contributed by atoms with Crippen LogP contribution in [-0.2, 0) is 0 Å². The van der Waals surface area contributed by atoms with Crippen LogP contribution in [0.25, 0.3) is 0 Å². The first-order valence-corrected chi connectivity index (χ1v) is 20.6. The molecule has 0 aliphatic rings. The lowest BCUT2D eigenvalue weighted by atomic mass is 9.86. The van der Waals surface area contributed by atoms with Crippen LogP contribution in [0.15, 0.2) is 0 Å². The summed E-state index contributed by atoms with van der Waals surface area (Å²) in [6.07, 6.45) is 33.2. The van der Waals surface area contributed by atoms with Crippen molar-refractivity contribution < 1.29 is 0 Å². The fourth-order valence-electron chi connectivity index (χ4n) is 7.59. The maximum absolute atomic E-state index is 2.53. The first-order chi connectivity index (χ1) is 20.9. The Hall–Kier alpha value is -0.0400. The molecule has 0 amide bonds. The van der Waals surface area contributed by atoms with E-state index in [9.17, 15) is 0 Å². The van der Waals surface area contributed by atoms with Crippen LogP contribution in [0.1, 0.15) is 210 Å². The zero-order valence-corrected chi connectivity index (χ0v) is 33.0. The molecule has 0 aromatic carbocycles. The molecule has 1 heteroatoms. The smallest absolute Gasteiger partial charge is 0.00222 e. The van der Waals surface area contributed by atoms with E-state index in [1.165, 1.54) is 154 Å². The molecule has 1 nitrogen and oxygen atoms in total. The molecule has 0 rings (SSSR count). The van der Waals surface area contributed by atoms with Gasteiger partial charge in [-0.25, -0.2) is 0 Å². The van der Waals surface area contributed by atoms with Gasteiger partial charge < -0.3 is 4.90 Å². The zero-order valence-electron chi connectivity index (χ0n) is 33.0. The lowest BCUT2D eigenvalue weighted by molar-refractivity contribution is 0.295. The predicted octanol–water partition coefficient (Wildman–Crippen LogP) is 14.6. The number of hydrogen-bond acceptors (Lipinski definition) is 1. The molecule has 0 aromatic heterocycles. The van der Waals surface area contributed by atoms with Crippen LogP contribution in [0.3, 0.4) is 0 Å². The third-order valence-corrected chi connectivity index (χ3v) is 11.1. The average Bonchev–Trinajstić information content (AvgIpc) is 2.94. The molecule has 6 atom stereocenters. The van der Waals surface area contributed by atoms with E-state index in [2.05, 4.69) is 81.3 Å². The molecule has 0 spiro atoms. The Labute approximate surface area is 282 Å². The summed E-state index contributed by atoms with van der Waals surface area (Å²) in [5.41, 5.74) is 0. The minimum atomic E-state index is 0.869. The maximum Gasteiger partial charge on any atom is -0.00222 e. The molecule has 0 aromatic rings. The second-order valence-electron chi connectivity index (χ2n) is 17.5. The summed E-state index contributed by atoms with van der Waals surface area (Å²) in [7, 11) is 4.51. The molecule has 0 saturated carbocycles. The minimum absolute atomic E-state index is 0.869. The first-order valence-electron chi connectivity index (χ1n) is 20.6. The quantitative estimate of drug-likeness (QED) is 0.0724. The van der Waals surface area contributed by atoms with Gasteiger partial charge in [-0.05, 0) is 74.4 Å². The van der Waals surface area contributed by atoms with Crippen LogP contribution in [0.5, 0.6) is 0 Å². The van der Waals surface area contributed by atoms with Crippen molar-refractivity contribution in [2.24, 2.45) is 47.3 Å². The van der Waals surface area contributed by atoms with Gasteiger partial charge in [-0.1, -0.05) is 204 Å². The number of hydrogen-bond donors (Lipinski definition) is 0. The van der Waals surface area contributed by atoms with E-state index < -0.39 is 0 Å². The molecule has 0 heterocycles. The molecular formula is C43H89N. The highest BCUT2D eigenvalue weighted by molar-refractivity contribution is 4.68. The van der Waals surface area contributed by atoms with E-state index in [1.807, 2.05) is 0 Å². The van der Waals surface area contributed by atoms with Crippen molar-refractivity contribution in [3.63, 3.8) is 0 Å². The highest BCUT2D eigenvalue weighted by atomic mass is 15.0. The lowest BCUT2D eigenvalue weighted by Gasteiger charge is -2.22. The van der Waals surface area contributed by atoms with Gasteiger partial charge in [0.15, 0.2) is 0 Å². The Balaban J connectivity index is 4.20. The molecule has 44 heavy (non-hydrogen) atoms. The van der Waals surface area contributed by atoms with Gasteiger partial charge >= 0.3 is 0 Å². The molecule has 266 valence electrons. The van der Waals surface area contributed by atoms with E-state index in [0.717, 1.165) is 47.3 Å². The third kappa shape index (κ3) is 29.4. The van der Waals surface area contributed by atoms with Crippen molar-refractivity contribution in [3.8, 4) is 0 Å². The number of rotatable bonds is 32. The largest absolute Gasteiger partial charge is 0.309 e. The molecule has 0 aliphatic heterocycles. The Morgan fingerprint density at radius 3 is 0.909 bits per heavy atom. The molecule has 0 bridgehead atoms. The fraction of sp³-hybridized carbons (Fsp3) is 1.00. The monoisotopic (exact) mass is 620 g/mol. The summed E-state index contributed by atoms with van der Waals surface area (Å²) in [5.74, 6) is 7.34. The van der Waals surface area contributed by atoms with Gasteiger partial charge in [0.2, 0.25) is 0 Å². The van der Waals surface area contributed by atoms with E-state index in [0.29, 0.717) is 0 Å². The molecule has 0 saturated heterocycles. The van der Waals surface area contributed by atoms with Crippen LogP contribution in [0.2, 0.25) is 0 Å². The van der Waals surface area contributed by atoms with Gasteiger partial charge in [-0.2, -0.15) is 0 Å². The summed E-state index contributed by atoms with van der Waals surface area (Å²) in [4.78, 5) is 2.40. The highest BCUT2D eigenvalue weighted by Crippen LogP contribution is 2.28. The Kier molecular flexibility index (Phi) is 29.1. The Morgan fingerprint density at radius 1 is 0.341 bits per heavy atom. The molecule has 0 N–H and O–H groups in total. The van der Waals surface area contributed by atoms with Gasteiger partial charge in [-0.15, -0.1) is 0 Å². The first kappa shape index (κ1) is 44.0. The maximum atomic E-state index is 2.53. The standard InChI is InChI=1S/C43H89N/c1-12-42(30-17-28-40(8)26-15-24-38(6)22-13-20-36(2)3)31-19-33-43(34-35-44(10)11)32-18-29-41(9)27-16-25-39(7)23-14-21-37(4)5/h36-43H,12-35H2,1-11H3. The second kappa shape index (κ2) is 29.1. The lowest BCUT2D eigenvalue weighted by Crippen LogP contribution is -2.17. The molecule has 0 aliphatic carbocycles. The molecule has 0 radical (unpaired) electrons. The van der Waals surface area contributed by atoms with Crippen LogP contribution >= 0.6 is 0 Å². The third-order valence-electron chi connectivity index (χ3n) is 11.1. The minimum Gasteiger partial charge on any atom is -0.309 e. The van der Waals surface area contributed by atoms with E-state index in [4.69, 9.17) is 0 Å². The summed E-state index contributed by atoms with van der Waals surface area (Å²) in [5, 5.41) is 0. The predicted molar refractivity (Wildman–Crippen MR) is 204 cm³/mol. The van der Waals surface area contributed by atoms with E-state index in [1.54, 1.807) is 0 Å². The van der Waals surface area contributed by atoms with Crippen molar-refractivity contribution in [2.75, 3.05) is 20.6 Å². The van der Waals surface area contributed by atoms with Crippen LogP contribution in [0, 0.1) is 47.3 Å². The van der Waals surface area contributed by atoms with Crippen molar-refractivity contribution in [1.82, 2.24) is 4.90 Å². The Morgan fingerprint density at radius 2 is 0.614 bits per heavy atom. The zero-order chi connectivity index (χ0) is 33.2. The van der Waals surface area contributed by atoms with Crippen LogP contribution < -0.4 is 0 Å². The summed E-state index contributed by atoms with van der Waals surface area (Å²) >= 11 is 0. The molecular weight excluding hydrogens is 530 g/mol. The Bertz CT molecular complexity index is 579. The average molecular weight is 620 g/mol. The van der Waals surface area contributed by atoms with Gasteiger partial charge in [-0.3, -0.25) is 0 Å². The van der Waals surface area contributed by atoms with Gasteiger partial charge in [0.05, 0.1) is 0 Å².